The van der Waals surface area contributed by atoms with Crippen molar-refractivity contribution in [3.8, 4) is 11.4 Å². The molecule has 2 bridgehead atoms. The van der Waals surface area contributed by atoms with E-state index < -0.39 is 11.9 Å². The Morgan fingerprint density at radius 3 is 2.52 bits per heavy atom. The van der Waals surface area contributed by atoms with Gasteiger partial charge in [0.2, 0.25) is 0 Å². The van der Waals surface area contributed by atoms with Crippen LogP contribution in [-0.2, 0) is 15.0 Å². The number of nitrogens with zero attached hydrogens (tertiary/aromatic N) is 2. The van der Waals surface area contributed by atoms with Crippen LogP contribution in [0.15, 0.2) is 36.7 Å². The number of carboxylic acids is 2. The number of piperidine rings is 1. The number of carbonyl (C=O) groups is 2. The van der Waals surface area contributed by atoms with E-state index in [0.717, 1.165) is 11.4 Å². The molecule has 2 aliphatic rings. The minimum Gasteiger partial charge on any atom is -0.473 e. The van der Waals surface area contributed by atoms with Crippen molar-refractivity contribution in [2.75, 3.05) is 19.6 Å². The predicted octanol–water partition coefficient (Wildman–Crippen LogP) is 1.97. The number of nitrogens with one attached hydrogen (secondary N) is 1. The fourth-order valence-corrected chi connectivity index (χ4v) is 3.73. The zero-order valence-electron chi connectivity index (χ0n) is 13.8. The minimum atomic E-state index is -1.82. The molecule has 4 rings (SSSR count). The standard InChI is InChI=1S/C16H19N3.C2H2O4/c1-3-14(17-8-1)15-5-4-13(11-18-15)16-6-2-9-19(12-16)10-7-16;3-1(4)2(5)6/h1,3-5,8,11,17H,2,6-7,9-10,12H2;(H,3,4)(H,5,6). The number of aromatic nitrogens is 2. The van der Waals surface area contributed by atoms with E-state index in [9.17, 15) is 0 Å². The van der Waals surface area contributed by atoms with Gasteiger partial charge in [0.1, 0.15) is 0 Å². The van der Waals surface area contributed by atoms with E-state index in [1.807, 2.05) is 12.3 Å². The van der Waals surface area contributed by atoms with Crippen LogP contribution < -0.4 is 0 Å². The highest BCUT2D eigenvalue weighted by Crippen LogP contribution is 2.41. The molecule has 3 N–H and O–H groups in total. The SMILES string of the molecule is O=C(O)C(=O)O.c1c[nH]c(-c2ccc(C34CCCN(CC3)C4)cn2)c1. The third-order valence-corrected chi connectivity index (χ3v) is 5.00. The summed E-state index contributed by atoms with van der Waals surface area (Å²) in [5.41, 5.74) is 3.96. The number of H-pyrrole nitrogens is 1. The number of fused-ring (bicyclic) bond motifs is 2. The molecule has 25 heavy (non-hydrogen) atoms. The molecular formula is C18H21N3O4. The van der Waals surface area contributed by atoms with Gasteiger partial charge < -0.3 is 20.1 Å². The molecule has 2 fully saturated rings. The fraction of sp³-hybridized carbons (Fsp3) is 0.389. The van der Waals surface area contributed by atoms with Gasteiger partial charge in [-0.05, 0) is 56.1 Å². The second kappa shape index (κ2) is 7.06. The van der Waals surface area contributed by atoms with Crippen LogP contribution in [0.4, 0.5) is 0 Å². The van der Waals surface area contributed by atoms with Crippen LogP contribution in [0, 0.1) is 0 Å². The van der Waals surface area contributed by atoms with Crippen LogP contribution in [-0.4, -0.2) is 56.7 Å². The summed E-state index contributed by atoms with van der Waals surface area (Å²) in [5, 5.41) is 14.8. The average molecular weight is 343 g/mol. The number of hydrogen-bond acceptors (Lipinski definition) is 4. The van der Waals surface area contributed by atoms with E-state index in [0.29, 0.717) is 5.41 Å². The number of pyridine rings is 1. The summed E-state index contributed by atoms with van der Waals surface area (Å²) in [6, 6.07) is 8.53. The molecule has 7 nitrogen and oxygen atoms in total. The first-order valence-electron chi connectivity index (χ1n) is 8.29. The largest absolute Gasteiger partial charge is 0.473 e. The molecule has 7 heteroatoms. The lowest BCUT2D eigenvalue weighted by Crippen LogP contribution is -2.36. The Kier molecular flexibility index (Phi) is 4.85. The van der Waals surface area contributed by atoms with Crippen LogP contribution in [0.5, 0.6) is 0 Å². The van der Waals surface area contributed by atoms with Crippen LogP contribution >= 0.6 is 0 Å². The molecule has 2 aromatic heterocycles. The molecule has 0 aliphatic carbocycles. The molecule has 0 aromatic carbocycles. The fourth-order valence-electron chi connectivity index (χ4n) is 3.73. The third-order valence-electron chi connectivity index (χ3n) is 5.00. The first kappa shape index (κ1) is 17.2. The van der Waals surface area contributed by atoms with Gasteiger partial charge in [0.25, 0.3) is 0 Å². The average Bonchev–Trinajstić information content (AvgIpc) is 3.24. The first-order valence-corrected chi connectivity index (χ1v) is 8.29. The highest BCUT2D eigenvalue weighted by Gasteiger charge is 2.42. The molecule has 4 heterocycles. The normalized spacial score (nSPS) is 24.2. The lowest BCUT2D eigenvalue weighted by Gasteiger charge is -2.34. The molecule has 0 radical (unpaired) electrons. The van der Waals surface area contributed by atoms with Crippen LogP contribution in [0.2, 0.25) is 0 Å². The lowest BCUT2D eigenvalue weighted by molar-refractivity contribution is -0.159. The molecule has 2 saturated heterocycles. The Labute approximate surface area is 145 Å². The number of aliphatic carboxylic acids is 2. The van der Waals surface area contributed by atoms with Crippen molar-refractivity contribution in [3.05, 3.63) is 42.2 Å². The minimum absolute atomic E-state index is 0.388. The highest BCUT2D eigenvalue weighted by atomic mass is 16.4. The van der Waals surface area contributed by atoms with Gasteiger partial charge in [0.05, 0.1) is 11.4 Å². The Morgan fingerprint density at radius 1 is 1.12 bits per heavy atom. The van der Waals surface area contributed by atoms with Gasteiger partial charge in [0, 0.05) is 24.4 Å². The van der Waals surface area contributed by atoms with E-state index in [1.165, 1.54) is 44.5 Å². The molecular weight excluding hydrogens is 322 g/mol. The van der Waals surface area contributed by atoms with E-state index in [-0.39, 0.29) is 0 Å². The van der Waals surface area contributed by atoms with E-state index in [2.05, 4.69) is 39.3 Å². The van der Waals surface area contributed by atoms with Gasteiger partial charge in [-0.15, -0.1) is 0 Å². The van der Waals surface area contributed by atoms with E-state index >= 15 is 0 Å². The summed E-state index contributed by atoms with van der Waals surface area (Å²) in [6.07, 6.45) is 8.01. The van der Waals surface area contributed by atoms with Crippen molar-refractivity contribution >= 4 is 11.9 Å². The van der Waals surface area contributed by atoms with Crippen molar-refractivity contribution < 1.29 is 19.8 Å². The number of carboxylic acid groups (broad SMARTS) is 2. The molecule has 0 amide bonds. The molecule has 2 aromatic rings. The summed E-state index contributed by atoms with van der Waals surface area (Å²) in [7, 11) is 0. The van der Waals surface area contributed by atoms with Crippen molar-refractivity contribution in [1.82, 2.24) is 14.9 Å². The molecule has 2 atom stereocenters. The summed E-state index contributed by atoms with van der Waals surface area (Å²) in [6.45, 7) is 3.78. The summed E-state index contributed by atoms with van der Waals surface area (Å²) in [4.78, 5) is 28.7. The maximum absolute atomic E-state index is 9.10. The lowest BCUT2D eigenvalue weighted by atomic mass is 9.75. The van der Waals surface area contributed by atoms with Crippen molar-refractivity contribution in [3.63, 3.8) is 0 Å². The molecule has 2 unspecified atom stereocenters. The Hall–Kier alpha value is -2.67. The zero-order chi connectivity index (χ0) is 17.9. The maximum atomic E-state index is 9.10. The van der Waals surface area contributed by atoms with E-state index in [4.69, 9.17) is 19.8 Å². The molecule has 132 valence electrons. The van der Waals surface area contributed by atoms with Gasteiger partial charge in [-0.1, -0.05) is 6.07 Å². The number of aromatic amines is 1. The highest BCUT2D eigenvalue weighted by molar-refractivity contribution is 6.27. The molecule has 0 saturated carbocycles. The van der Waals surface area contributed by atoms with Crippen molar-refractivity contribution in [1.29, 1.82) is 0 Å². The predicted molar refractivity (Wildman–Crippen MR) is 91.3 cm³/mol. The summed E-state index contributed by atoms with van der Waals surface area (Å²) >= 11 is 0. The van der Waals surface area contributed by atoms with Crippen LogP contribution in [0.25, 0.3) is 11.4 Å². The third kappa shape index (κ3) is 3.71. The second-order valence-electron chi connectivity index (χ2n) is 6.54. The van der Waals surface area contributed by atoms with Gasteiger partial charge in [-0.3, -0.25) is 4.98 Å². The van der Waals surface area contributed by atoms with Gasteiger partial charge >= 0.3 is 11.9 Å². The first-order chi connectivity index (χ1) is 12.0. The monoisotopic (exact) mass is 343 g/mol. The van der Waals surface area contributed by atoms with Crippen LogP contribution in [0.3, 0.4) is 0 Å². The van der Waals surface area contributed by atoms with Crippen LogP contribution in [0.1, 0.15) is 24.8 Å². The van der Waals surface area contributed by atoms with Gasteiger partial charge in [-0.25, -0.2) is 9.59 Å². The van der Waals surface area contributed by atoms with E-state index in [1.54, 1.807) is 0 Å². The zero-order valence-corrected chi connectivity index (χ0v) is 13.8. The Bertz CT molecular complexity index is 726. The smallest absolute Gasteiger partial charge is 0.414 e. The number of rotatable bonds is 2. The van der Waals surface area contributed by atoms with Crippen molar-refractivity contribution in [2.45, 2.75) is 24.7 Å². The quantitative estimate of drug-likeness (QED) is 0.720. The molecule has 0 spiro atoms. The summed E-state index contributed by atoms with van der Waals surface area (Å²) < 4.78 is 0. The van der Waals surface area contributed by atoms with Gasteiger partial charge in [-0.2, -0.15) is 0 Å². The summed E-state index contributed by atoms with van der Waals surface area (Å²) in [5.74, 6) is -3.65. The topological polar surface area (TPSA) is 107 Å². The maximum Gasteiger partial charge on any atom is 0.414 e. The Balaban J connectivity index is 0.000000265. The van der Waals surface area contributed by atoms with Gasteiger partial charge in [0.15, 0.2) is 0 Å². The molecule has 2 aliphatic heterocycles. The number of hydrogen-bond donors (Lipinski definition) is 3. The second-order valence-corrected chi connectivity index (χ2v) is 6.54. The Morgan fingerprint density at radius 2 is 1.92 bits per heavy atom. The van der Waals surface area contributed by atoms with Crippen molar-refractivity contribution in [2.24, 2.45) is 0 Å².